The molecule has 2 aromatic heterocycles. The van der Waals surface area contributed by atoms with Crippen LogP contribution in [0.3, 0.4) is 0 Å². The third-order valence-corrected chi connectivity index (χ3v) is 6.00. The number of nitrogens with zero attached hydrogens (tertiary/aromatic N) is 5. The maximum absolute atomic E-state index is 5.48. The number of aromatic nitrogens is 4. The molecule has 0 bridgehead atoms. The molecule has 0 saturated carbocycles. The molecule has 0 radical (unpaired) electrons. The van der Waals surface area contributed by atoms with E-state index in [2.05, 4.69) is 48.9 Å². The zero-order valence-corrected chi connectivity index (χ0v) is 17.6. The molecule has 0 aliphatic carbocycles. The quantitative estimate of drug-likeness (QED) is 0.498. The van der Waals surface area contributed by atoms with Crippen LogP contribution in [-0.2, 0) is 18.8 Å². The highest BCUT2D eigenvalue weighted by molar-refractivity contribution is 7.98. The van der Waals surface area contributed by atoms with Gasteiger partial charge in [-0.3, -0.25) is 9.88 Å². The maximum Gasteiger partial charge on any atom is 0.191 e. The normalized spacial score (nSPS) is 14.4. The van der Waals surface area contributed by atoms with E-state index in [0.717, 1.165) is 54.4 Å². The highest BCUT2D eigenvalue weighted by Gasteiger charge is 2.18. The van der Waals surface area contributed by atoms with Gasteiger partial charge < -0.3 is 9.30 Å². The molecule has 0 spiro atoms. The molecule has 3 heterocycles. The Morgan fingerprint density at radius 1 is 1.00 bits per heavy atom. The van der Waals surface area contributed by atoms with Gasteiger partial charge in [-0.05, 0) is 50.6 Å². The van der Waals surface area contributed by atoms with Gasteiger partial charge in [0, 0.05) is 5.75 Å². The van der Waals surface area contributed by atoms with Crippen molar-refractivity contribution in [1.29, 1.82) is 0 Å². The molecule has 29 heavy (non-hydrogen) atoms. The standard InChI is InChI=1S/C22H27N5OS/c1-2-28-20-11-10-19(23-14-20)17-29-22-25-24-21(16-26-12-6-7-13-26)27(22)15-18-8-4-3-5-9-18/h3-5,8-11,14H,2,6-7,12-13,15-17H2,1H3. The number of hydrogen-bond donors (Lipinski definition) is 0. The second kappa shape index (κ2) is 9.89. The van der Waals surface area contributed by atoms with Gasteiger partial charge >= 0.3 is 0 Å². The highest BCUT2D eigenvalue weighted by Crippen LogP contribution is 2.24. The van der Waals surface area contributed by atoms with Gasteiger partial charge in [-0.1, -0.05) is 42.1 Å². The van der Waals surface area contributed by atoms with E-state index in [0.29, 0.717) is 6.61 Å². The maximum atomic E-state index is 5.48. The van der Waals surface area contributed by atoms with Gasteiger partial charge in [0.25, 0.3) is 0 Å². The van der Waals surface area contributed by atoms with Gasteiger partial charge in [0.2, 0.25) is 0 Å². The number of benzene rings is 1. The van der Waals surface area contributed by atoms with Crippen molar-refractivity contribution in [3.63, 3.8) is 0 Å². The molecule has 7 heteroatoms. The van der Waals surface area contributed by atoms with Crippen LogP contribution >= 0.6 is 11.8 Å². The first-order valence-corrected chi connectivity index (χ1v) is 11.2. The fourth-order valence-corrected chi connectivity index (χ4v) is 4.37. The molecule has 0 unspecified atom stereocenters. The molecule has 4 rings (SSSR count). The Balaban J connectivity index is 1.49. The average molecular weight is 410 g/mol. The van der Waals surface area contributed by atoms with Crippen LogP contribution < -0.4 is 4.74 Å². The van der Waals surface area contributed by atoms with E-state index in [1.807, 2.05) is 25.1 Å². The predicted molar refractivity (Wildman–Crippen MR) is 115 cm³/mol. The Kier molecular flexibility index (Phi) is 6.79. The third kappa shape index (κ3) is 5.36. The Hall–Kier alpha value is -2.38. The summed E-state index contributed by atoms with van der Waals surface area (Å²) in [5.74, 6) is 2.60. The van der Waals surface area contributed by atoms with Crippen molar-refractivity contribution >= 4 is 11.8 Å². The summed E-state index contributed by atoms with van der Waals surface area (Å²) < 4.78 is 7.73. The van der Waals surface area contributed by atoms with Gasteiger partial charge in [0.15, 0.2) is 5.16 Å². The van der Waals surface area contributed by atoms with Crippen molar-refractivity contribution in [2.45, 2.75) is 43.8 Å². The largest absolute Gasteiger partial charge is 0.492 e. The first-order valence-electron chi connectivity index (χ1n) is 10.2. The SMILES string of the molecule is CCOc1ccc(CSc2nnc(CN3CCCC3)n2Cc2ccccc2)nc1. The van der Waals surface area contributed by atoms with Gasteiger partial charge in [0.1, 0.15) is 11.6 Å². The summed E-state index contributed by atoms with van der Waals surface area (Å²) in [6.07, 6.45) is 4.34. The summed E-state index contributed by atoms with van der Waals surface area (Å²) >= 11 is 1.68. The fourth-order valence-electron chi connectivity index (χ4n) is 3.50. The van der Waals surface area contributed by atoms with Crippen molar-refractivity contribution in [1.82, 2.24) is 24.6 Å². The molecule has 1 aliphatic heterocycles. The van der Waals surface area contributed by atoms with Crippen molar-refractivity contribution in [2.24, 2.45) is 0 Å². The Morgan fingerprint density at radius 3 is 2.55 bits per heavy atom. The topological polar surface area (TPSA) is 56.1 Å². The van der Waals surface area contributed by atoms with E-state index in [1.54, 1.807) is 18.0 Å². The second-order valence-corrected chi connectivity index (χ2v) is 8.10. The van der Waals surface area contributed by atoms with E-state index >= 15 is 0 Å². The van der Waals surface area contributed by atoms with Gasteiger partial charge in [-0.2, -0.15) is 0 Å². The summed E-state index contributed by atoms with van der Waals surface area (Å²) in [4.78, 5) is 6.97. The van der Waals surface area contributed by atoms with E-state index in [9.17, 15) is 0 Å². The van der Waals surface area contributed by atoms with Crippen LogP contribution in [-0.4, -0.2) is 44.3 Å². The Morgan fingerprint density at radius 2 is 1.83 bits per heavy atom. The molecule has 0 atom stereocenters. The van der Waals surface area contributed by atoms with Crippen LogP contribution in [0.15, 0.2) is 53.8 Å². The van der Waals surface area contributed by atoms with Crippen LogP contribution in [0.2, 0.25) is 0 Å². The summed E-state index contributed by atoms with van der Waals surface area (Å²) in [6, 6.07) is 14.5. The van der Waals surface area contributed by atoms with Crippen molar-refractivity contribution in [2.75, 3.05) is 19.7 Å². The van der Waals surface area contributed by atoms with E-state index in [-0.39, 0.29) is 0 Å². The monoisotopic (exact) mass is 409 g/mol. The minimum absolute atomic E-state index is 0.651. The average Bonchev–Trinajstić information content (AvgIpc) is 3.40. The summed E-state index contributed by atoms with van der Waals surface area (Å²) in [5.41, 5.74) is 2.27. The summed E-state index contributed by atoms with van der Waals surface area (Å²) in [7, 11) is 0. The lowest BCUT2D eigenvalue weighted by molar-refractivity contribution is 0.316. The molecule has 6 nitrogen and oxygen atoms in total. The van der Waals surface area contributed by atoms with Crippen LogP contribution in [0, 0.1) is 0 Å². The molecule has 152 valence electrons. The van der Waals surface area contributed by atoms with Crippen LogP contribution in [0.5, 0.6) is 5.75 Å². The van der Waals surface area contributed by atoms with Gasteiger partial charge in [0.05, 0.1) is 31.6 Å². The van der Waals surface area contributed by atoms with Crippen LogP contribution in [0.25, 0.3) is 0 Å². The van der Waals surface area contributed by atoms with E-state index < -0.39 is 0 Å². The molecular formula is C22H27N5OS. The zero-order valence-electron chi connectivity index (χ0n) is 16.8. The number of thioether (sulfide) groups is 1. The number of likely N-dealkylation sites (tertiary alicyclic amines) is 1. The lowest BCUT2D eigenvalue weighted by Crippen LogP contribution is -2.21. The molecule has 0 N–H and O–H groups in total. The molecule has 0 amide bonds. The Labute approximate surface area is 176 Å². The predicted octanol–water partition coefficient (Wildman–Crippen LogP) is 4.01. The first-order chi connectivity index (χ1) is 14.3. The molecular weight excluding hydrogens is 382 g/mol. The van der Waals surface area contributed by atoms with Gasteiger partial charge in [-0.15, -0.1) is 10.2 Å². The molecule has 3 aromatic rings. The lowest BCUT2D eigenvalue weighted by atomic mass is 10.2. The zero-order chi connectivity index (χ0) is 19.9. The first kappa shape index (κ1) is 19.9. The molecule has 1 aliphatic rings. The van der Waals surface area contributed by atoms with E-state index in [1.165, 1.54) is 18.4 Å². The van der Waals surface area contributed by atoms with E-state index in [4.69, 9.17) is 4.74 Å². The molecule has 1 saturated heterocycles. The van der Waals surface area contributed by atoms with Gasteiger partial charge in [-0.25, -0.2) is 0 Å². The number of ether oxygens (including phenoxy) is 1. The van der Waals surface area contributed by atoms with Crippen molar-refractivity contribution in [3.8, 4) is 5.75 Å². The highest BCUT2D eigenvalue weighted by atomic mass is 32.2. The molecule has 1 aromatic carbocycles. The summed E-state index contributed by atoms with van der Waals surface area (Å²) in [5, 5.41) is 9.99. The van der Waals surface area contributed by atoms with Crippen molar-refractivity contribution in [3.05, 3.63) is 65.7 Å². The minimum Gasteiger partial charge on any atom is -0.492 e. The lowest BCUT2D eigenvalue weighted by Gasteiger charge is -2.16. The third-order valence-electron chi connectivity index (χ3n) is 5.00. The van der Waals surface area contributed by atoms with Crippen LogP contribution in [0.4, 0.5) is 0 Å². The number of pyridine rings is 1. The minimum atomic E-state index is 0.651. The number of rotatable bonds is 9. The Bertz CT molecular complexity index is 891. The van der Waals surface area contributed by atoms with Crippen LogP contribution in [0.1, 0.15) is 36.8 Å². The number of hydrogen-bond acceptors (Lipinski definition) is 6. The molecule has 1 fully saturated rings. The second-order valence-electron chi connectivity index (χ2n) is 7.16. The van der Waals surface area contributed by atoms with Crippen molar-refractivity contribution < 1.29 is 4.74 Å². The fraction of sp³-hybridized carbons (Fsp3) is 0.409. The smallest absolute Gasteiger partial charge is 0.191 e. The summed E-state index contributed by atoms with van der Waals surface area (Å²) in [6.45, 7) is 6.58.